The second-order valence-corrected chi connectivity index (χ2v) is 4.10. The first-order chi connectivity index (χ1) is 5.70. The van der Waals surface area contributed by atoms with Gasteiger partial charge in [0.25, 0.3) is 0 Å². The van der Waals surface area contributed by atoms with Gasteiger partial charge in [-0.15, -0.1) is 11.8 Å². The van der Waals surface area contributed by atoms with Gasteiger partial charge in [-0.25, -0.2) is 0 Å². The van der Waals surface area contributed by atoms with Crippen molar-refractivity contribution in [2.24, 2.45) is 0 Å². The Balaban J connectivity index is 2.62. The number of nitrogens with zero attached hydrogens (tertiary/aromatic N) is 1. The largest absolute Gasteiger partial charge is 0.282 e. The lowest BCUT2D eigenvalue weighted by atomic mass is 10.4. The zero-order valence-electron chi connectivity index (χ0n) is 7.37. The summed E-state index contributed by atoms with van der Waals surface area (Å²) in [4.78, 5) is 24.0. The lowest BCUT2D eigenvalue weighted by molar-refractivity contribution is -0.137. The second kappa shape index (κ2) is 3.94. The lowest BCUT2D eigenvalue weighted by Crippen LogP contribution is -2.30. The molecule has 0 spiro atoms. The molecule has 3 nitrogen and oxygen atoms in total. The molecule has 68 valence electrons. The third kappa shape index (κ3) is 1.63. The average molecular weight is 187 g/mol. The minimum absolute atomic E-state index is 0.00523. The van der Waals surface area contributed by atoms with Crippen LogP contribution in [0.3, 0.4) is 0 Å². The number of amides is 2. The Bertz CT molecular complexity index is 205. The van der Waals surface area contributed by atoms with Crippen LogP contribution in [0.4, 0.5) is 0 Å². The van der Waals surface area contributed by atoms with E-state index >= 15 is 0 Å². The summed E-state index contributed by atoms with van der Waals surface area (Å²) in [6.45, 7) is 4.34. The maximum atomic E-state index is 11.4. The van der Waals surface area contributed by atoms with Crippen molar-refractivity contribution < 1.29 is 9.59 Å². The van der Waals surface area contributed by atoms with Crippen molar-refractivity contribution in [2.45, 2.75) is 25.5 Å². The maximum Gasteiger partial charge on any atom is 0.242 e. The topological polar surface area (TPSA) is 37.4 Å². The first-order valence-corrected chi connectivity index (χ1v) is 5.21. The summed E-state index contributed by atoms with van der Waals surface area (Å²) in [6, 6.07) is 0. The molecule has 12 heavy (non-hydrogen) atoms. The molecule has 0 aromatic heterocycles. The number of likely N-dealkylation sites (tertiary alicyclic amines) is 1. The Morgan fingerprint density at radius 3 is 2.58 bits per heavy atom. The van der Waals surface area contributed by atoms with E-state index in [0.29, 0.717) is 13.0 Å². The minimum Gasteiger partial charge on any atom is -0.282 e. The van der Waals surface area contributed by atoms with E-state index in [0.717, 1.165) is 5.75 Å². The van der Waals surface area contributed by atoms with Crippen molar-refractivity contribution in [1.82, 2.24) is 4.90 Å². The van der Waals surface area contributed by atoms with Crippen molar-refractivity contribution in [3.63, 3.8) is 0 Å². The molecule has 1 aliphatic rings. The van der Waals surface area contributed by atoms with Gasteiger partial charge in [0.05, 0.1) is 5.25 Å². The van der Waals surface area contributed by atoms with E-state index < -0.39 is 0 Å². The van der Waals surface area contributed by atoms with Gasteiger partial charge in [-0.2, -0.15) is 0 Å². The molecule has 0 aromatic rings. The molecule has 0 radical (unpaired) electrons. The van der Waals surface area contributed by atoms with Crippen LogP contribution in [0.5, 0.6) is 0 Å². The molecule has 0 aromatic carbocycles. The number of hydrogen-bond donors (Lipinski definition) is 0. The SMILES string of the molecule is CCS[C@@H]1CC(=O)N(CC)C1=O. The maximum absolute atomic E-state index is 11.4. The predicted molar refractivity (Wildman–Crippen MR) is 48.9 cm³/mol. The Morgan fingerprint density at radius 1 is 1.50 bits per heavy atom. The van der Waals surface area contributed by atoms with Crippen molar-refractivity contribution in [1.29, 1.82) is 0 Å². The minimum atomic E-state index is -0.109. The number of imide groups is 1. The van der Waals surface area contributed by atoms with E-state index in [-0.39, 0.29) is 17.1 Å². The Labute approximate surface area is 76.5 Å². The molecule has 1 heterocycles. The van der Waals surface area contributed by atoms with E-state index in [1.807, 2.05) is 13.8 Å². The highest BCUT2D eigenvalue weighted by molar-refractivity contribution is 8.00. The van der Waals surface area contributed by atoms with E-state index in [4.69, 9.17) is 0 Å². The number of rotatable bonds is 3. The average Bonchev–Trinajstić information content (AvgIpc) is 2.29. The third-order valence-corrected chi connectivity index (χ3v) is 2.99. The van der Waals surface area contributed by atoms with Gasteiger partial charge < -0.3 is 0 Å². The smallest absolute Gasteiger partial charge is 0.242 e. The monoisotopic (exact) mass is 187 g/mol. The van der Waals surface area contributed by atoms with Gasteiger partial charge in [-0.05, 0) is 12.7 Å². The van der Waals surface area contributed by atoms with Gasteiger partial charge in [-0.3, -0.25) is 14.5 Å². The molecule has 1 rings (SSSR count). The first-order valence-electron chi connectivity index (χ1n) is 4.16. The molecular weight excluding hydrogens is 174 g/mol. The summed E-state index contributed by atoms with van der Waals surface area (Å²) in [5, 5.41) is -0.109. The molecule has 1 atom stereocenters. The van der Waals surface area contributed by atoms with Crippen molar-refractivity contribution >= 4 is 23.6 Å². The highest BCUT2D eigenvalue weighted by Crippen LogP contribution is 2.24. The van der Waals surface area contributed by atoms with Crippen molar-refractivity contribution in [3.05, 3.63) is 0 Å². The lowest BCUT2D eigenvalue weighted by Gasteiger charge is -2.10. The third-order valence-electron chi connectivity index (χ3n) is 1.89. The van der Waals surface area contributed by atoms with Crippen LogP contribution in [-0.2, 0) is 9.59 Å². The van der Waals surface area contributed by atoms with Crippen LogP contribution in [0.2, 0.25) is 0 Å². The molecule has 2 amide bonds. The Hall–Kier alpha value is -0.510. The van der Waals surface area contributed by atoms with Crippen molar-refractivity contribution in [3.8, 4) is 0 Å². The van der Waals surface area contributed by atoms with Gasteiger partial charge in [0.15, 0.2) is 0 Å². The molecule has 1 fully saturated rings. The molecule has 0 unspecified atom stereocenters. The predicted octanol–water partition coefficient (Wildman–Crippen LogP) is 0.887. The summed E-state index contributed by atoms with van der Waals surface area (Å²) in [5.74, 6) is 0.865. The van der Waals surface area contributed by atoms with Crippen LogP contribution >= 0.6 is 11.8 Å². The molecule has 1 saturated heterocycles. The molecule has 1 aliphatic heterocycles. The fourth-order valence-corrected chi connectivity index (χ4v) is 2.25. The normalized spacial score (nSPS) is 23.8. The zero-order valence-corrected chi connectivity index (χ0v) is 8.19. The number of carbonyl (C=O) groups excluding carboxylic acids is 2. The number of thioether (sulfide) groups is 1. The molecule has 4 heteroatoms. The first kappa shape index (κ1) is 9.58. The van der Waals surface area contributed by atoms with E-state index in [9.17, 15) is 9.59 Å². The Morgan fingerprint density at radius 2 is 2.17 bits per heavy atom. The zero-order chi connectivity index (χ0) is 9.14. The molecule has 0 saturated carbocycles. The van der Waals surface area contributed by atoms with Crippen LogP contribution < -0.4 is 0 Å². The van der Waals surface area contributed by atoms with Crippen LogP contribution in [0.15, 0.2) is 0 Å². The summed E-state index contributed by atoms with van der Waals surface area (Å²) >= 11 is 1.56. The molecule has 0 bridgehead atoms. The van der Waals surface area contributed by atoms with Gasteiger partial charge in [-0.1, -0.05) is 6.92 Å². The highest BCUT2D eigenvalue weighted by Gasteiger charge is 2.37. The summed E-state index contributed by atoms with van der Waals surface area (Å²) < 4.78 is 0. The molecule has 0 N–H and O–H groups in total. The van der Waals surface area contributed by atoms with Crippen LogP contribution in [-0.4, -0.2) is 34.3 Å². The van der Waals surface area contributed by atoms with Gasteiger partial charge >= 0.3 is 0 Å². The van der Waals surface area contributed by atoms with E-state index in [1.165, 1.54) is 4.90 Å². The Kier molecular flexibility index (Phi) is 3.14. The van der Waals surface area contributed by atoms with E-state index in [2.05, 4.69) is 0 Å². The highest BCUT2D eigenvalue weighted by atomic mass is 32.2. The fraction of sp³-hybridized carbons (Fsp3) is 0.750. The van der Waals surface area contributed by atoms with Gasteiger partial charge in [0.1, 0.15) is 0 Å². The summed E-state index contributed by atoms with van der Waals surface area (Å²) in [6.07, 6.45) is 0.394. The fourth-order valence-electron chi connectivity index (χ4n) is 1.32. The second-order valence-electron chi connectivity index (χ2n) is 2.62. The van der Waals surface area contributed by atoms with Crippen LogP contribution in [0, 0.1) is 0 Å². The van der Waals surface area contributed by atoms with Gasteiger partial charge in [0.2, 0.25) is 11.8 Å². The summed E-state index contributed by atoms with van der Waals surface area (Å²) in [7, 11) is 0. The standard InChI is InChI=1S/C8H13NO2S/c1-3-9-7(10)5-6(8(9)11)12-4-2/h6H,3-5H2,1-2H3/t6-/m1/s1. The molecular formula is C8H13NO2S. The van der Waals surface area contributed by atoms with Crippen LogP contribution in [0.1, 0.15) is 20.3 Å². The number of hydrogen-bond acceptors (Lipinski definition) is 3. The number of carbonyl (C=O) groups is 2. The van der Waals surface area contributed by atoms with Crippen LogP contribution in [0.25, 0.3) is 0 Å². The molecule has 0 aliphatic carbocycles. The van der Waals surface area contributed by atoms with Crippen molar-refractivity contribution in [2.75, 3.05) is 12.3 Å². The van der Waals surface area contributed by atoms with E-state index in [1.54, 1.807) is 11.8 Å². The van der Waals surface area contributed by atoms with Gasteiger partial charge in [0, 0.05) is 13.0 Å². The summed E-state index contributed by atoms with van der Waals surface area (Å²) in [5.41, 5.74) is 0. The quantitative estimate of drug-likeness (QED) is 0.616.